The third-order valence-corrected chi connectivity index (χ3v) is 3.48. The van der Waals surface area contributed by atoms with Gasteiger partial charge in [0, 0.05) is 33.7 Å². The summed E-state index contributed by atoms with van der Waals surface area (Å²) < 4.78 is 0.962. The highest BCUT2D eigenvalue weighted by molar-refractivity contribution is 9.10. The number of rotatable bonds is 3. The van der Waals surface area contributed by atoms with Gasteiger partial charge in [-0.2, -0.15) is 5.11 Å². The number of H-pyrrole nitrogens is 1. The Morgan fingerprint density at radius 3 is 2.57 bits per heavy atom. The highest BCUT2D eigenvalue weighted by Crippen LogP contribution is 2.30. The molecule has 0 saturated heterocycles. The van der Waals surface area contributed by atoms with Crippen LogP contribution in [0.3, 0.4) is 0 Å². The van der Waals surface area contributed by atoms with Crippen LogP contribution >= 0.6 is 15.9 Å². The number of nitro benzene ring substituents is 1. The molecule has 0 aliphatic rings. The maximum Gasteiger partial charge on any atom is 0.270 e. The lowest BCUT2D eigenvalue weighted by Gasteiger charge is -1.94. The Labute approximate surface area is 127 Å². The third kappa shape index (κ3) is 2.82. The number of non-ortho nitro benzene ring substituents is 1. The molecule has 104 valence electrons. The Bertz CT molecular complexity index is 840. The van der Waals surface area contributed by atoms with Crippen molar-refractivity contribution in [3.63, 3.8) is 0 Å². The summed E-state index contributed by atoms with van der Waals surface area (Å²) in [5.41, 5.74) is 2.09. The molecule has 3 rings (SSSR count). The van der Waals surface area contributed by atoms with E-state index in [1.54, 1.807) is 12.3 Å². The molecule has 1 N–H and O–H groups in total. The van der Waals surface area contributed by atoms with E-state index in [9.17, 15) is 10.1 Å². The molecule has 2 aromatic carbocycles. The van der Waals surface area contributed by atoms with Crippen LogP contribution in [0, 0.1) is 10.1 Å². The van der Waals surface area contributed by atoms with Crippen LogP contribution in [0.2, 0.25) is 0 Å². The lowest BCUT2D eigenvalue weighted by Crippen LogP contribution is -1.86. The van der Waals surface area contributed by atoms with Crippen molar-refractivity contribution < 1.29 is 4.92 Å². The van der Waals surface area contributed by atoms with Crippen molar-refractivity contribution in [2.24, 2.45) is 10.2 Å². The number of aromatic nitrogens is 1. The first-order chi connectivity index (χ1) is 10.1. The van der Waals surface area contributed by atoms with Crippen molar-refractivity contribution in [2.45, 2.75) is 0 Å². The van der Waals surface area contributed by atoms with Gasteiger partial charge in [-0.15, -0.1) is 5.11 Å². The summed E-state index contributed by atoms with van der Waals surface area (Å²) in [6.45, 7) is 0. The predicted molar refractivity (Wildman–Crippen MR) is 83.3 cm³/mol. The first kappa shape index (κ1) is 13.4. The molecule has 1 heterocycles. The van der Waals surface area contributed by atoms with E-state index < -0.39 is 4.92 Å². The number of hydrogen-bond acceptors (Lipinski definition) is 4. The van der Waals surface area contributed by atoms with Gasteiger partial charge in [0.2, 0.25) is 0 Å². The van der Waals surface area contributed by atoms with E-state index >= 15 is 0 Å². The van der Waals surface area contributed by atoms with Crippen LogP contribution in [0.25, 0.3) is 10.9 Å². The molecule has 0 spiro atoms. The second-order valence-corrected chi connectivity index (χ2v) is 5.25. The summed E-state index contributed by atoms with van der Waals surface area (Å²) in [5, 5.41) is 19.8. The summed E-state index contributed by atoms with van der Waals surface area (Å²) in [5.74, 6) is 0. The zero-order valence-corrected chi connectivity index (χ0v) is 12.2. The SMILES string of the molecule is O=[N+]([O-])c1ccc2[nH]cc(N=Nc3ccc(Br)cc3)c2c1. The molecule has 0 unspecified atom stereocenters. The predicted octanol–water partition coefficient (Wildman–Crippen LogP) is 5.25. The van der Waals surface area contributed by atoms with Gasteiger partial charge in [-0.1, -0.05) is 15.9 Å². The average molecular weight is 345 g/mol. The van der Waals surface area contributed by atoms with E-state index in [4.69, 9.17) is 0 Å². The molecule has 0 bridgehead atoms. The second-order valence-electron chi connectivity index (χ2n) is 4.34. The van der Waals surface area contributed by atoms with Crippen LogP contribution in [0.4, 0.5) is 17.1 Å². The van der Waals surface area contributed by atoms with Gasteiger partial charge >= 0.3 is 0 Å². The minimum Gasteiger partial charge on any atom is -0.359 e. The molecule has 7 heteroatoms. The number of hydrogen-bond donors (Lipinski definition) is 1. The molecule has 6 nitrogen and oxygen atoms in total. The van der Waals surface area contributed by atoms with E-state index in [0.717, 1.165) is 9.99 Å². The van der Waals surface area contributed by atoms with Crippen molar-refractivity contribution in [2.75, 3.05) is 0 Å². The van der Waals surface area contributed by atoms with E-state index in [1.807, 2.05) is 24.3 Å². The zero-order chi connectivity index (χ0) is 14.8. The average Bonchev–Trinajstić information content (AvgIpc) is 2.89. The smallest absolute Gasteiger partial charge is 0.270 e. The van der Waals surface area contributed by atoms with Crippen LogP contribution in [-0.2, 0) is 0 Å². The molecule has 0 amide bonds. The van der Waals surface area contributed by atoms with Crippen LogP contribution in [-0.4, -0.2) is 9.91 Å². The quantitative estimate of drug-likeness (QED) is 0.399. The lowest BCUT2D eigenvalue weighted by atomic mass is 10.2. The van der Waals surface area contributed by atoms with E-state index in [2.05, 4.69) is 31.1 Å². The second kappa shape index (κ2) is 5.45. The highest BCUT2D eigenvalue weighted by atomic mass is 79.9. The van der Waals surface area contributed by atoms with E-state index in [0.29, 0.717) is 16.8 Å². The topological polar surface area (TPSA) is 83.6 Å². The van der Waals surface area contributed by atoms with Gasteiger partial charge in [0.25, 0.3) is 5.69 Å². The van der Waals surface area contributed by atoms with Gasteiger partial charge in [-0.25, -0.2) is 0 Å². The molecule has 0 atom stereocenters. The minimum absolute atomic E-state index is 0.0298. The zero-order valence-electron chi connectivity index (χ0n) is 10.7. The van der Waals surface area contributed by atoms with Crippen LogP contribution in [0.5, 0.6) is 0 Å². The number of nitro groups is 1. The maximum atomic E-state index is 10.8. The molecular weight excluding hydrogens is 336 g/mol. The van der Waals surface area contributed by atoms with Crippen molar-refractivity contribution >= 4 is 43.9 Å². The van der Waals surface area contributed by atoms with Crippen molar-refractivity contribution in [1.82, 2.24) is 4.98 Å². The number of halogens is 1. The minimum atomic E-state index is -0.428. The number of nitrogens with one attached hydrogen (secondary N) is 1. The Hall–Kier alpha value is -2.54. The Morgan fingerprint density at radius 2 is 1.86 bits per heavy atom. The van der Waals surface area contributed by atoms with Gasteiger partial charge in [-0.3, -0.25) is 10.1 Å². The number of aromatic amines is 1. The summed E-state index contributed by atoms with van der Waals surface area (Å²) in [6.07, 6.45) is 1.68. The molecule has 0 aliphatic carbocycles. The molecule has 0 aliphatic heterocycles. The highest BCUT2D eigenvalue weighted by Gasteiger charge is 2.10. The standard InChI is InChI=1S/C14H9BrN4O2/c15-9-1-3-10(4-2-9)17-18-14-8-16-13-6-5-11(19(20)21)7-12(13)14/h1-8,16H. The normalized spacial score (nSPS) is 11.3. The van der Waals surface area contributed by atoms with E-state index in [-0.39, 0.29) is 5.69 Å². The van der Waals surface area contributed by atoms with Crippen molar-refractivity contribution in [3.8, 4) is 0 Å². The van der Waals surface area contributed by atoms with Crippen LogP contribution in [0.15, 0.2) is 63.4 Å². The van der Waals surface area contributed by atoms with Crippen molar-refractivity contribution in [1.29, 1.82) is 0 Å². The first-order valence-corrected chi connectivity index (χ1v) is 6.85. The number of fused-ring (bicyclic) bond motifs is 1. The Kier molecular flexibility index (Phi) is 3.49. The summed E-state index contributed by atoms with van der Waals surface area (Å²) >= 11 is 3.35. The summed E-state index contributed by atoms with van der Waals surface area (Å²) in [6, 6.07) is 12.0. The molecule has 0 fully saturated rings. The van der Waals surface area contributed by atoms with Gasteiger partial charge < -0.3 is 4.98 Å². The van der Waals surface area contributed by atoms with Gasteiger partial charge in [0.1, 0.15) is 5.69 Å². The fraction of sp³-hybridized carbons (Fsp3) is 0. The molecule has 1 aromatic heterocycles. The van der Waals surface area contributed by atoms with E-state index in [1.165, 1.54) is 12.1 Å². The van der Waals surface area contributed by atoms with Crippen LogP contribution in [0.1, 0.15) is 0 Å². The molecule has 0 radical (unpaired) electrons. The fourth-order valence-electron chi connectivity index (χ4n) is 1.91. The van der Waals surface area contributed by atoms with Gasteiger partial charge in [0.05, 0.1) is 10.6 Å². The third-order valence-electron chi connectivity index (χ3n) is 2.95. The summed E-state index contributed by atoms with van der Waals surface area (Å²) in [4.78, 5) is 13.4. The number of benzene rings is 2. The fourth-order valence-corrected chi connectivity index (χ4v) is 2.17. The molecule has 3 aromatic rings. The van der Waals surface area contributed by atoms with Crippen molar-refractivity contribution in [3.05, 3.63) is 63.2 Å². The monoisotopic (exact) mass is 344 g/mol. The largest absolute Gasteiger partial charge is 0.359 e. The van der Waals surface area contributed by atoms with Gasteiger partial charge in [0.15, 0.2) is 0 Å². The van der Waals surface area contributed by atoms with Gasteiger partial charge in [-0.05, 0) is 30.3 Å². The number of nitrogens with zero attached hydrogens (tertiary/aromatic N) is 3. The Balaban J connectivity index is 1.98. The summed E-state index contributed by atoms with van der Waals surface area (Å²) in [7, 11) is 0. The lowest BCUT2D eigenvalue weighted by molar-refractivity contribution is -0.384. The van der Waals surface area contributed by atoms with Crippen LogP contribution < -0.4 is 0 Å². The number of azo groups is 1. The Morgan fingerprint density at radius 1 is 1.10 bits per heavy atom. The first-order valence-electron chi connectivity index (χ1n) is 6.06. The molecule has 21 heavy (non-hydrogen) atoms. The molecular formula is C14H9BrN4O2. The maximum absolute atomic E-state index is 10.8. The molecule has 0 saturated carbocycles.